The van der Waals surface area contributed by atoms with Crippen molar-refractivity contribution < 1.29 is 9.18 Å². The molecule has 1 aromatic heterocycles. The molecule has 2 aliphatic heterocycles. The molecule has 6 heteroatoms. The molecule has 2 atom stereocenters. The molecule has 0 unspecified atom stereocenters. The maximum Gasteiger partial charge on any atom is 0.240 e. The Morgan fingerprint density at radius 3 is 2.56 bits per heavy atom. The molecule has 1 amide bonds. The number of nitrogens with one attached hydrogen (secondary N) is 2. The zero-order chi connectivity index (χ0) is 22.2. The van der Waals surface area contributed by atoms with E-state index in [1.165, 1.54) is 28.6 Å². The fourth-order valence-electron chi connectivity index (χ4n) is 5.23. The summed E-state index contributed by atoms with van der Waals surface area (Å²) < 4.78 is 13.2. The molecule has 0 spiro atoms. The second kappa shape index (κ2) is 8.58. The summed E-state index contributed by atoms with van der Waals surface area (Å²) in [7, 11) is 0. The van der Waals surface area contributed by atoms with Crippen molar-refractivity contribution in [3.8, 4) is 0 Å². The number of nitrogens with zero attached hydrogens (tertiary/aromatic N) is 2. The van der Waals surface area contributed by atoms with Gasteiger partial charge in [-0.05, 0) is 60.2 Å². The number of carbonyl (C=O) groups is 1. The lowest BCUT2D eigenvalue weighted by atomic mass is 9.94. The number of anilines is 1. The summed E-state index contributed by atoms with van der Waals surface area (Å²) in [6.45, 7) is 7.34. The van der Waals surface area contributed by atoms with Crippen LogP contribution in [-0.4, -0.2) is 48.0 Å². The van der Waals surface area contributed by atoms with Crippen LogP contribution in [-0.2, 0) is 11.2 Å². The van der Waals surface area contributed by atoms with Crippen LogP contribution in [0.15, 0.2) is 48.7 Å². The van der Waals surface area contributed by atoms with Gasteiger partial charge in [0.1, 0.15) is 5.82 Å². The van der Waals surface area contributed by atoms with Gasteiger partial charge in [-0.1, -0.05) is 26.0 Å². The number of benzene rings is 2. The smallest absolute Gasteiger partial charge is 0.240 e. The Hall–Kier alpha value is -2.86. The molecule has 0 saturated carbocycles. The number of carbonyl (C=O) groups excluding carboxylic acids is 1. The molecule has 5 nitrogen and oxygen atoms in total. The summed E-state index contributed by atoms with van der Waals surface area (Å²) in [6.07, 6.45) is 3.76. The summed E-state index contributed by atoms with van der Waals surface area (Å²) >= 11 is 0. The second-order valence-electron chi connectivity index (χ2n) is 9.48. The summed E-state index contributed by atoms with van der Waals surface area (Å²) in [5.41, 5.74) is 4.67. The van der Waals surface area contributed by atoms with Crippen molar-refractivity contribution in [2.24, 2.45) is 5.92 Å². The molecule has 0 aliphatic carbocycles. The van der Waals surface area contributed by atoms with E-state index < -0.39 is 0 Å². The van der Waals surface area contributed by atoms with Gasteiger partial charge in [-0.25, -0.2) is 4.39 Å². The number of aromatic amines is 1. The van der Waals surface area contributed by atoms with E-state index >= 15 is 0 Å². The van der Waals surface area contributed by atoms with E-state index in [2.05, 4.69) is 53.4 Å². The number of halogens is 1. The monoisotopic (exact) mass is 434 g/mol. The number of rotatable bonds is 4. The Kier molecular flexibility index (Phi) is 5.64. The van der Waals surface area contributed by atoms with E-state index in [1.807, 2.05) is 17.0 Å². The van der Waals surface area contributed by atoms with Crippen LogP contribution in [0.4, 0.5) is 10.1 Å². The van der Waals surface area contributed by atoms with E-state index in [1.54, 1.807) is 0 Å². The minimum absolute atomic E-state index is 0.158. The lowest BCUT2D eigenvalue weighted by Crippen LogP contribution is -2.55. The second-order valence-corrected chi connectivity index (χ2v) is 9.48. The number of hydrogen-bond acceptors (Lipinski definition) is 3. The highest BCUT2D eigenvalue weighted by atomic mass is 19.1. The zero-order valence-electron chi connectivity index (χ0n) is 18.8. The normalized spacial score (nSPS) is 21.2. The first-order valence-corrected chi connectivity index (χ1v) is 11.6. The van der Waals surface area contributed by atoms with Crippen molar-refractivity contribution in [1.29, 1.82) is 0 Å². The van der Waals surface area contributed by atoms with E-state index in [0.29, 0.717) is 25.4 Å². The minimum Gasteiger partial charge on any atom is -0.368 e. The van der Waals surface area contributed by atoms with E-state index in [-0.39, 0.29) is 23.8 Å². The number of H-pyrrole nitrogens is 1. The standard InChI is InChI=1S/C26H31FN4O/c1-17(2)14-23-21-4-3-5-22-25(21)18(16-28-22)15-24(29-23)26(32)31-12-10-30(11-13-31)20-8-6-19(27)7-9-20/h3-9,16-17,23-24,28-29H,10-15H2,1-2H3/t23-,24-/m0/s1. The van der Waals surface area contributed by atoms with Crippen molar-refractivity contribution in [3.05, 3.63) is 65.6 Å². The Labute approximate surface area is 188 Å². The van der Waals surface area contributed by atoms with E-state index in [9.17, 15) is 9.18 Å². The molecule has 1 fully saturated rings. The Morgan fingerprint density at radius 2 is 1.84 bits per heavy atom. The first kappa shape index (κ1) is 21.0. The minimum atomic E-state index is -0.234. The van der Waals surface area contributed by atoms with Gasteiger partial charge in [0.15, 0.2) is 0 Å². The molecule has 2 aromatic carbocycles. The first-order valence-electron chi connectivity index (χ1n) is 11.6. The van der Waals surface area contributed by atoms with Crippen LogP contribution in [0.25, 0.3) is 10.9 Å². The molecule has 0 radical (unpaired) electrons. The summed E-state index contributed by atoms with van der Waals surface area (Å²) in [6, 6.07) is 12.9. The Morgan fingerprint density at radius 1 is 1.09 bits per heavy atom. The topological polar surface area (TPSA) is 51.4 Å². The Balaban J connectivity index is 1.33. The predicted molar refractivity (Wildman–Crippen MR) is 126 cm³/mol. The van der Waals surface area contributed by atoms with Gasteiger partial charge in [-0.3, -0.25) is 10.1 Å². The SMILES string of the molecule is CC(C)C[C@@H]1N[C@H](C(=O)N2CCN(c3ccc(F)cc3)CC2)Cc2c[nH]c3cccc1c23. The third kappa shape index (κ3) is 3.99. The lowest BCUT2D eigenvalue weighted by molar-refractivity contribution is -0.134. The maximum atomic E-state index is 13.6. The van der Waals surface area contributed by atoms with Crippen molar-refractivity contribution >= 4 is 22.5 Å². The van der Waals surface area contributed by atoms with Crippen molar-refractivity contribution in [1.82, 2.24) is 15.2 Å². The number of aromatic nitrogens is 1. The maximum absolute atomic E-state index is 13.6. The van der Waals surface area contributed by atoms with Crippen LogP contribution in [0.1, 0.15) is 37.4 Å². The van der Waals surface area contributed by atoms with Crippen molar-refractivity contribution in [3.63, 3.8) is 0 Å². The van der Waals surface area contributed by atoms with Gasteiger partial charge in [-0.15, -0.1) is 0 Å². The number of piperazine rings is 1. The van der Waals surface area contributed by atoms with Gasteiger partial charge in [0, 0.05) is 55.0 Å². The molecule has 2 N–H and O–H groups in total. The van der Waals surface area contributed by atoms with E-state index in [4.69, 9.17) is 0 Å². The lowest BCUT2D eigenvalue weighted by Gasteiger charge is -2.38. The van der Waals surface area contributed by atoms with Gasteiger partial charge in [-0.2, -0.15) is 0 Å². The molecule has 3 heterocycles. The van der Waals surface area contributed by atoms with Crippen molar-refractivity contribution in [2.75, 3.05) is 31.1 Å². The van der Waals surface area contributed by atoms with Crippen LogP contribution >= 0.6 is 0 Å². The highest BCUT2D eigenvalue weighted by Gasteiger charge is 2.33. The molecule has 0 bridgehead atoms. The van der Waals surface area contributed by atoms with Gasteiger partial charge in [0.2, 0.25) is 5.91 Å². The molecule has 168 valence electrons. The van der Waals surface area contributed by atoms with Gasteiger partial charge >= 0.3 is 0 Å². The van der Waals surface area contributed by atoms with Crippen LogP contribution in [0.2, 0.25) is 0 Å². The third-order valence-electron chi connectivity index (χ3n) is 6.81. The Bertz CT molecular complexity index is 1100. The summed E-state index contributed by atoms with van der Waals surface area (Å²) in [5.74, 6) is 0.482. The molecule has 1 saturated heterocycles. The molecular formula is C26H31FN4O. The van der Waals surface area contributed by atoms with Gasteiger partial charge in [0.25, 0.3) is 0 Å². The van der Waals surface area contributed by atoms with Gasteiger partial charge < -0.3 is 14.8 Å². The van der Waals surface area contributed by atoms with Gasteiger partial charge in [0.05, 0.1) is 6.04 Å². The largest absolute Gasteiger partial charge is 0.368 e. The molecule has 3 aromatic rings. The molecule has 32 heavy (non-hydrogen) atoms. The summed E-state index contributed by atoms with van der Waals surface area (Å²) in [4.78, 5) is 21.2. The highest BCUT2D eigenvalue weighted by molar-refractivity contribution is 5.90. The average molecular weight is 435 g/mol. The highest BCUT2D eigenvalue weighted by Crippen LogP contribution is 2.34. The van der Waals surface area contributed by atoms with Crippen LogP contribution < -0.4 is 10.2 Å². The van der Waals surface area contributed by atoms with E-state index in [0.717, 1.165) is 30.7 Å². The van der Waals surface area contributed by atoms with Crippen LogP contribution in [0, 0.1) is 11.7 Å². The molecule has 2 aliphatic rings. The zero-order valence-corrected chi connectivity index (χ0v) is 18.8. The average Bonchev–Trinajstić information content (AvgIpc) is 3.13. The quantitative estimate of drug-likeness (QED) is 0.645. The fourth-order valence-corrected chi connectivity index (χ4v) is 5.23. The van der Waals surface area contributed by atoms with Crippen LogP contribution in [0.5, 0.6) is 0 Å². The first-order chi connectivity index (χ1) is 15.5. The molecule has 5 rings (SSSR count). The number of amides is 1. The van der Waals surface area contributed by atoms with Crippen LogP contribution in [0.3, 0.4) is 0 Å². The number of hydrogen-bond donors (Lipinski definition) is 2. The fraction of sp³-hybridized carbons (Fsp3) is 0.423. The summed E-state index contributed by atoms with van der Waals surface area (Å²) in [5, 5.41) is 5.01. The molecular weight excluding hydrogens is 403 g/mol. The predicted octanol–water partition coefficient (Wildman–Crippen LogP) is 4.26. The van der Waals surface area contributed by atoms with Crippen molar-refractivity contribution in [2.45, 2.75) is 38.8 Å². The third-order valence-corrected chi connectivity index (χ3v) is 6.81.